The summed E-state index contributed by atoms with van der Waals surface area (Å²) in [6.07, 6.45) is 6.03. The summed E-state index contributed by atoms with van der Waals surface area (Å²) in [5.74, 6) is 1.11. The molecule has 3 heteroatoms. The molecule has 0 spiro atoms. The Bertz CT molecular complexity index is 672. The Hall–Kier alpha value is -1.90. The third kappa shape index (κ3) is 1.87. The van der Waals surface area contributed by atoms with Crippen LogP contribution in [0.2, 0.25) is 0 Å². The number of rotatable bonds is 2. The number of hydrogen-bond donors (Lipinski definition) is 0. The van der Waals surface area contributed by atoms with Crippen LogP contribution in [0.25, 0.3) is 0 Å². The molecule has 0 saturated carbocycles. The van der Waals surface area contributed by atoms with Crippen molar-refractivity contribution < 1.29 is 9.53 Å². The summed E-state index contributed by atoms with van der Waals surface area (Å²) in [7, 11) is 1.63. The normalized spacial score (nSPS) is 28.9. The molecule has 110 valence electrons. The van der Waals surface area contributed by atoms with Crippen molar-refractivity contribution in [2.45, 2.75) is 39.0 Å². The van der Waals surface area contributed by atoms with E-state index in [-0.39, 0.29) is 11.7 Å². The highest BCUT2D eigenvalue weighted by molar-refractivity contribution is 5.93. The Morgan fingerprint density at radius 1 is 1.48 bits per heavy atom. The van der Waals surface area contributed by atoms with Crippen LogP contribution in [0.15, 0.2) is 35.4 Å². The van der Waals surface area contributed by atoms with Gasteiger partial charge < -0.3 is 4.74 Å². The van der Waals surface area contributed by atoms with Crippen LogP contribution in [-0.4, -0.2) is 17.9 Å². The largest absolute Gasteiger partial charge is 0.481 e. The highest BCUT2D eigenvalue weighted by Gasteiger charge is 2.50. The highest BCUT2D eigenvalue weighted by atomic mass is 16.5. The van der Waals surface area contributed by atoms with Gasteiger partial charge in [0.2, 0.25) is 5.88 Å². The second-order valence-electron chi connectivity index (χ2n) is 6.05. The van der Waals surface area contributed by atoms with E-state index >= 15 is 0 Å². The molecule has 2 bridgehead atoms. The molecule has 21 heavy (non-hydrogen) atoms. The molecule has 1 aromatic rings. The average molecular weight is 283 g/mol. The van der Waals surface area contributed by atoms with Crippen LogP contribution in [-0.2, 0) is 16.6 Å². The first-order valence-electron chi connectivity index (χ1n) is 7.42. The van der Waals surface area contributed by atoms with E-state index < -0.39 is 5.41 Å². The number of aromatic nitrogens is 1. The molecule has 0 amide bonds. The summed E-state index contributed by atoms with van der Waals surface area (Å²) >= 11 is 0. The second-order valence-corrected chi connectivity index (χ2v) is 6.05. The van der Waals surface area contributed by atoms with Gasteiger partial charge in [0.05, 0.1) is 12.5 Å². The quantitative estimate of drug-likeness (QED) is 0.781. The number of carbonyl (C=O) groups is 1. The number of Topliss-reactive ketones (excluding diaryl/α,β-unsaturated/α-hetero) is 1. The van der Waals surface area contributed by atoms with Crippen molar-refractivity contribution >= 4 is 5.78 Å². The fourth-order valence-electron chi connectivity index (χ4n) is 4.07. The number of nitrogens with zero attached hydrogens (tertiary/aromatic N) is 1. The molecular formula is C18H21NO2. The molecule has 1 heterocycles. The van der Waals surface area contributed by atoms with E-state index in [0.717, 1.165) is 24.1 Å². The zero-order valence-electron chi connectivity index (χ0n) is 13.1. The summed E-state index contributed by atoms with van der Waals surface area (Å²) in [6, 6.07) is 3.89. The summed E-state index contributed by atoms with van der Waals surface area (Å²) < 4.78 is 5.24. The topological polar surface area (TPSA) is 39.2 Å². The summed E-state index contributed by atoms with van der Waals surface area (Å²) in [4.78, 5) is 17.2. The Balaban J connectivity index is 2.30. The molecule has 0 radical (unpaired) electrons. The van der Waals surface area contributed by atoms with E-state index in [2.05, 4.69) is 24.1 Å². The van der Waals surface area contributed by atoms with Gasteiger partial charge in [-0.3, -0.25) is 4.79 Å². The van der Waals surface area contributed by atoms with Gasteiger partial charge in [0.1, 0.15) is 5.78 Å². The van der Waals surface area contributed by atoms with Gasteiger partial charge in [0.25, 0.3) is 0 Å². The molecule has 0 unspecified atom stereocenters. The van der Waals surface area contributed by atoms with Gasteiger partial charge in [-0.1, -0.05) is 23.8 Å². The molecule has 3 nitrogen and oxygen atoms in total. The summed E-state index contributed by atoms with van der Waals surface area (Å²) in [5.41, 5.74) is 4.07. The standard InChI is InChI=1S/C18H21NO2/c1-5-14-13-8-11(2)10-18(14,12(3)20)15-6-7-17(21-4)19-16(15)9-13/h5-8,13H,9-10H2,1-4H3/b14-5+/t13-,18+/m0/s1. The maximum atomic E-state index is 12.6. The zero-order chi connectivity index (χ0) is 15.2. The second kappa shape index (κ2) is 4.83. The predicted molar refractivity (Wildman–Crippen MR) is 82.5 cm³/mol. The van der Waals surface area contributed by atoms with Crippen LogP contribution in [0.3, 0.4) is 0 Å². The van der Waals surface area contributed by atoms with Crippen LogP contribution in [0.4, 0.5) is 0 Å². The number of pyridine rings is 1. The zero-order valence-corrected chi connectivity index (χ0v) is 13.1. The third-order valence-electron chi connectivity index (χ3n) is 4.86. The van der Waals surface area contributed by atoms with Crippen molar-refractivity contribution in [3.05, 3.63) is 46.7 Å². The Morgan fingerprint density at radius 2 is 2.24 bits per heavy atom. The minimum atomic E-state index is -0.523. The lowest BCUT2D eigenvalue weighted by Crippen LogP contribution is -2.46. The minimum Gasteiger partial charge on any atom is -0.481 e. The number of fused-ring (bicyclic) bond motifs is 4. The van der Waals surface area contributed by atoms with Crippen LogP contribution in [0.1, 0.15) is 38.4 Å². The van der Waals surface area contributed by atoms with Crippen molar-refractivity contribution in [3.63, 3.8) is 0 Å². The highest BCUT2D eigenvalue weighted by Crippen LogP contribution is 2.52. The van der Waals surface area contributed by atoms with E-state index in [0.29, 0.717) is 5.88 Å². The van der Waals surface area contributed by atoms with Gasteiger partial charge in [0.15, 0.2) is 0 Å². The summed E-state index contributed by atoms with van der Waals surface area (Å²) in [5, 5.41) is 0. The minimum absolute atomic E-state index is 0.209. The number of ether oxygens (including phenoxy) is 1. The molecule has 0 N–H and O–H groups in total. The van der Waals surface area contributed by atoms with E-state index in [9.17, 15) is 4.79 Å². The van der Waals surface area contributed by atoms with E-state index in [1.807, 2.05) is 19.1 Å². The van der Waals surface area contributed by atoms with Gasteiger partial charge in [-0.15, -0.1) is 0 Å². The molecule has 2 aliphatic carbocycles. The van der Waals surface area contributed by atoms with Gasteiger partial charge in [-0.25, -0.2) is 4.98 Å². The van der Waals surface area contributed by atoms with Crippen LogP contribution in [0.5, 0.6) is 5.88 Å². The van der Waals surface area contributed by atoms with Gasteiger partial charge in [-0.2, -0.15) is 0 Å². The Kier molecular flexibility index (Phi) is 3.23. The van der Waals surface area contributed by atoms with Gasteiger partial charge >= 0.3 is 0 Å². The van der Waals surface area contributed by atoms with E-state index in [4.69, 9.17) is 4.74 Å². The number of methoxy groups -OCH3 is 1. The van der Waals surface area contributed by atoms with Crippen molar-refractivity contribution in [3.8, 4) is 5.88 Å². The molecule has 0 aliphatic heterocycles. The fraction of sp³-hybridized carbons (Fsp3) is 0.444. The first-order valence-corrected chi connectivity index (χ1v) is 7.42. The number of carbonyl (C=O) groups excluding carboxylic acids is 1. The number of ketones is 1. The smallest absolute Gasteiger partial charge is 0.213 e. The SMILES string of the molecule is C/C=C1\[C@H]2C=C(C)C[C@]1(C(C)=O)c1ccc(OC)nc1C2. The molecule has 1 aromatic heterocycles. The van der Waals surface area contributed by atoms with Crippen molar-refractivity contribution in [1.29, 1.82) is 0 Å². The molecule has 2 atom stereocenters. The Labute approximate surface area is 125 Å². The van der Waals surface area contributed by atoms with Gasteiger partial charge in [-0.05, 0) is 38.3 Å². The van der Waals surface area contributed by atoms with Gasteiger partial charge in [0, 0.05) is 24.1 Å². The average Bonchev–Trinajstić information content (AvgIpc) is 2.45. The molecular weight excluding hydrogens is 262 g/mol. The maximum absolute atomic E-state index is 12.6. The van der Waals surface area contributed by atoms with Crippen LogP contribution >= 0.6 is 0 Å². The maximum Gasteiger partial charge on any atom is 0.213 e. The van der Waals surface area contributed by atoms with Crippen molar-refractivity contribution in [2.24, 2.45) is 5.92 Å². The lowest BCUT2D eigenvalue weighted by Gasteiger charge is -2.46. The summed E-state index contributed by atoms with van der Waals surface area (Å²) in [6.45, 7) is 5.87. The number of allylic oxidation sites excluding steroid dienone is 4. The molecule has 0 fully saturated rings. The number of hydrogen-bond acceptors (Lipinski definition) is 3. The molecule has 0 saturated heterocycles. The first kappa shape index (κ1) is 14.1. The lowest BCUT2D eigenvalue weighted by atomic mass is 9.56. The van der Waals surface area contributed by atoms with Crippen LogP contribution in [0, 0.1) is 5.92 Å². The predicted octanol–water partition coefficient (Wildman–Crippen LogP) is 3.39. The van der Waals surface area contributed by atoms with E-state index in [1.54, 1.807) is 14.0 Å². The fourth-order valence-corrected chi connectivity index (χ4v) is 4.07. The monoisotopic (exact) mass is 283 g/mol. The molecule has 3 rings (SSSR count). The molecule has 0 aromatic carbocycles. The van der Waals surface area contributed by atoms with Crippen LogP contribution < -0.4 is 4.74 Å². The third-order valence-corrected chi connectivity index (χ3v) is 4.86. The van der Waals surface area contributed by atoms with Crippen molar-refractivity contribution in [2.75, 3.05) is 7.11 Å². The van der Waals surface area contributed by atoms with Crippen molar-refractivity contribution in [1.82, 2.24) is 4.98 Å². The Morgan fingerprint density at radius 3 is 2.86 bits per heavy atom. The molecule has 2 aliphatic rings. The lowest BCUT2D eigenvalue weighted by molar-refractivity contribution is -0.121. The first-order chi connectivity index (χ1) is 10.0. The van der Waals surface area contributed by atoms with E-state index in [1.165, 1.54) is 11.1 Å².